The minimum Gasteiger partial charge on any atom is -0.447 e. The second kappa shape index (κ2) is 6.49. The number of ether oxygens (including phenoxy) is 2. The maximum Gasteiger partial charge on any atom is 0.452 e. The summed E-state index contributed by atoms with van der Waals surface area (Å²) in [5, 5.41) is 6.60. The van der Waals surface area contributed by atoms with E-state index in [0.717, 1.165) is 25.7 Å². The van der Waals surface area contributed by atoms with E-state index in [1.807, 2.05) is 0 Å². The monoisotopic (exact) mass is 330 g/mol. The average Bonchev–Trinajstić information content (AvgIpc) is 3.36. The Balaban J connectivity index is 1.15. The summed E-state index contributed by atoms with van der Waals surface area (Å²) in [6, 6.07) is 0. The van der Waals surface area contributed by atoms with Gasteiger partial charge in [0.2, 0.25) is 0 Å². The summed E-state index contributed by atoms with van der Waals surface area (Å²) in [7, 11) is 0. The lowest BCUT2D eigenvalue weighted by Gasteiger charge is -2.16. The molecule has 2 fully saturated rings. The van der Waals surface area contributed by atoms with Gasteiger partial charge in [-0.15, -0.1) is 0 Å². The van der Waals surface area contributed by atoms with Crippen molar-refractivity contribution in [3.8, 4) is 0 Å². The predicted octanol–water partition coefficient (Wildman–Crippen LogP) is 4.14. The van der Waals surface area contributed by atoms with E-state index in [1.165, 1.54) is 0 Å². The molecule has 4 aliphatic rings. The molecule has 0 aromatic heterocycles. The smallest absolute Gasteiger partial charge is 0.447 e. The Morgan fingerprint density at radius 1 is 0.750 bits per heavy atom. The van der Waals surface area contributed by atoms with Gasteiger partial charge in [0.25, 0.3) is 0 Å². The van der Waals surface area contributed by atoms with Gasteiger partial charge in [-0.25, -0.2) is 9.59 Å². The van der Waals surface area contributed by atoms with Crippen LogP contribution in [0.4, 0.5) is 9.59 Å². The highest BCUT2D eigenvalue weighted by Crippen LogP contribution is 2.44. The van der Waals surface area contributed by atoms with E-state index in [4.69, 9.17) is 9.47 Å². The SMILES string of the molecule is O=C(/N=N\C(=O)OCC1C[C@@H]2C=C[C@H]1C2)OCC1C[C@H]2C=C[C@@H]1C2. The van der Waals surface area contributed by atoms with Crippen molar-refractivity contribution in [3.63, 3.8) is 0 Å². The molecule has 4 bridgehead atoms. The summed E-state index contributed by atoms with van der Waals surface area (Å²) in [4.78, 5) is 23.1. The van der Waals surface area contributed by atoms with E-state index in [0.29, 0.717) is 48.7 Å². The number of fused-ring (bicyclic) bond motifs is 4. The van der Waals surface area contributed by atoms with Gasteiger partial charge in [0.05, 0.1) is 13.2 Å². The van der Waals surface area contributed by atoms with Crippen LogP contribution in [0.25, 0.3) is 0 Å². The first-order valence-electron chi connectivity index (χ1n) is 8.79. The standard InChI is InChI=1S/C18H22N2O4/c21-17(23-9-15-7-11-1-3-13(15)5-11)19-20-18(22)24-10-16-8-12-2-4-14(16)6-12/h1-4,11-16H,5-10H2/b20-19-/t11-,12+,13+,14-,15?,16?. The second-order valence-electron chi connectivity index (χ2n) is 7.43. The first-order chi connectivity index (χ1) is 11.7. The molecule has 24 heavy (non-hydrogen) atoms. The molecule has 6 heteroatoms. The molecule has 0 radical (unpaired) electrons. The lowest BCUT2D eigenvalue weighted by molar-refractivity contribution is 0.120. The van der Waals surface area contributed by atoms with Gasteiger partial charge in [-0.1, -0.05) is 34.5 Å². The summed E-state index contributed by atoms with van der Waals surface area (Å²) in [6.45, 7) is 0.686. The molecule has 2 unspecified atom stereocenters. The lowest BCUT2D eigenvalue weighted by Crippen LogP contribution is -2.17. The van der Waals surface area contributed by atoms with Gasteiger partial charge in [-0.3, -0.25) is 0 Å². The highest BCUT2D eigenvalue weighted by atomic mass is 16.6. The number of carbonyl (C=O) groups is 2. The zero-order valence-electron chi connectivity index (χ0n) is 13.5. The van der Waals surface area contributed by atoms with Crippen LogP contribution in [-0.4, -0.2) is 25.4 Å². The summed E-state index contributed by atoms with van der Waals surface area (Å²) >= 11 is 0. The number of rotatable bonds is 4. The number of nitrogens with zero attached hydrogens (tertiary/aromatic N) is 2. The highest BCUT2D eigenvalue weighted by Gasteiger charge is 2.37. The number of hydrogen-bond donors (Lipinski definition) is 0. The average molecular weight is 330 g/mol. The Morgan fingerprint density at radius 3 is 1.54 bits per heavy atom. The quantitative estimate of drug-likeness (QED) is 0.573. The fraction of sp³-hybridized carbons (Fsp3) is 0.667. The molecular weight excluding hydrogens is 308 g/mol. The first kappa shape index (κ1) is 15.5. The first-order valence-corrected chi connectivity index (χ1v) is 8.79. The molecule has 0 N–H and O–H groups in total. The van der Waals surface area contributed by atoms with Gasteiger partial charge in [0.15, 0.2) is 0 Å². The van der Waals surface area contributed by atoms with Crippen molar-refractivity contribution in [2.45, 2.75) is 25.7 Å². The van der Waals surface area contributed by atoms with Crippen LogP contribution in [0.3, 0.4) is 0 Å². The van der Waals surface area contributed by atoms with Crippen LogP contribution in [0.1, 0.15) is 25.7 Å². The maximum atomic E-state index is 11.6. The summed E-state index contributed by atoms with van der Waals surface area (Å²) < 4.78 is 10.2. The molecule has 4 aliphatic carbocycles. The third-order valence-electron chi connectivity index (χ3n) is 5.89. The van der Waals surface area contributed by atoms with Crippen LogP contribution >= 0.6 is 0 Å². The lowest BCUT2D eigenvalue weighted by atomic mass is 9.95. The topological polar surface area (TPSA) is 77.3 Å². The van der Waals surface area contributed by atoms with Gasteiger partial charge in [0, 0.05) is 11.8 Å². The Morgan fingerprint density at radius 2 is 1.21 bits per heavy atom. The fourth-order valence-corrected chi connectivity index (χ4v) is 4.67. The van der Waals surface area contributed by atoms with Crippen molar-refractivity contribution in [2.75, 3.05) is 13.2 Å². The molecule has 6 atom stereocenters. The third kappa shape index (κ3) is 3.28. The van der Waals surface area contributed by atoms with E-state index in [2.05, 4.69) is 34.5 Å². The molecule has 0 aromatic carbocycles. The summed E-state index contributed by atoms with van der Waals surface area (Å²) in [5.41, 5.74) is 0. The largest absolute Gasteiger partial charge is 0.452 e. The number of hydrogen-bond acceptors (Lipinski definition) is 4. The Labute approximate surface area is 141 Å². The van der Waals surface area contributed by atoms with Crippen LogP contribution in [-0.2, 0) is 9.47 Å². The zero-order valence-corrected chi connectivity index (χ0v) is 13.5. The Bertz CT molecular complexity index is 560. The minimum atomic E-state index is -0.818. The maximum absolute atomic E-state index is 11.6. The number of carbonyl (C=O) groups excluding carboxylic acids is 2. The molecule has 0 spiro atoms. The van der Waals surface area contributed by atoms with Crippen molar-refractivity contribution in [2.24, 2.45) is 45.7 Å². The number of allylic oxidation sites excluding steroid dienone is 4. The molecule has 128 valence electrons. The Kier molecular flexibility index (Phi) is 4.21. The van der Waals surface area contributed by atoms with E-state index in [1.54, 1.807) is 0 Å². The van der Waals surface area contributed by atoms with Gasteiger partial charge in [0.1, 0.15) is 0 Å². The van der Waals surface area contributed by atoms with E-state index < -0.39 is 12.2 Å². The van der Waals surface area contributed by atoms with Crippen LogP contribution in [0.15, 0.2) is 34.5 Å². The van der Waals surface area contributed by atoms with Crippen LogP contribution in [0, 0.1) is 35.5 Å². The van der Waals surface area contributed by atoms with Gasteiger partial charge < -0.3 is 9.47 Å². The van der Waals surface area contributed by atoms with Crippen molar-refractivity contribution >= 4 is 12.2 Å². The Hall–Kier alpha value is -1.98. The molecule has 4 rings (SSSR count). The van der Waals surface area contributed by atoms with Crippen LogP contribution < -0.4 is 0 Å². The highest BCUT2D eigenvalue weighted by molar-refractivity contribution is 5.73. The second-order valence-corrected chi connectivity index (χ2v) is 7.43. The van der Waals surface area contributed by atoms with E-state index >= 15 is 0 Å². The fourth-order valence-electron chi connectivity index (χ4n) is 4.67. The summed E-state index contributed by atoms with van der Waals surface area (Å²) in [5.74, 6) is 3.04. The number of amides is 2. The third-order valence-corrected chi connectivity index (χ3v) is 5.89. The molecule has 0 aromatic rings. The molecule has 0 saturated heterocycles. The van der Waals surface area contributed by atoms with E-state index in [-0.39, 0.29) is 0 Å². The van der Waals surface area contributed by atoms with Crippen molar-refractivity contribution in [1.82, 2.24) is 0 Å². The zero-order chi connectivity index (χ0) is 16.5. The van der Waals surface area contributed by atoms with Crippen LogP contribution in [0.2, 0.25) is 0 Å². The van der Waals surface area contributed by atoms with Crippen molar-refractivity contribution in [3.05, 3.63) is 24.3 Å². The molecule has 0 heterocycles. The normalized spacial score (nSPS) is 38.3. The van der Waals surface area contributed by atoms with Crippen molar-refractivity contribution in [1.29, 1.82) is 0 Å². The van der Waals surface area contributed by atoms with Crippen LogP contribution in [0.5, 0.6) is 0 Å². The van der Waals surface area contributed by atoms with Gasteiger partial charge in [-0.2, -0.15) is 0 Å². The molecular formula is C18H22N2O4. The summed E-state index contributed by atoms with van der Waals surface area (Å²) in [6.07, 6.45) is 11.7. The molecule has 6 nitrogen and oxygen atoms in total. The minimum absolute atomic E-state index is 0.343. The van der Waals surface area contributed by atoms with Gasteiger partial charge in [-0.05, 0) is 49.4 Å². The molecule has 0 aliphatic heterocycles. The number of azo groups is 1. The van der Waals surface area contributed by atoms with Crippen molar-refractivity contribution < 1.29 is 19.1 Å². The predicted molar refractivity (Wildman–Crippen MR) is 85.2 cm³/mol. The molecule has 2 amide bonds. The van der Waals surface area contributed by atoms with E-state index in [9.17, 15) is 9.59 Å². The molecule has 2 saturated carbocycles. The van der Waals surface area contributed by atoms with Gasteiger partial charge >= 0.3 is 12.2 Å².